The number of sulfonamides is 1. The van der Waals surface area contributed by atoms with Gasteiger partial charge in [-0.05, 0) is 25.1 Å². The van der Waals surface area contributed by atoms with E-state index in [0.29, 0.717) is 32.1 Å². The van der Waals surface area contributed by atoms with Crippen molar-refractivity contribution in [3.05, 3.63) is 48.8 Å². The van der Waals surface area contributed by atoms with Crippen molar-refractivity contribution in [2.24, 2.45) is 0 Å². The number of aromatic nitrogens is 2. The number of nitrogens with zero attached hydrogens (tertiary/aromatic N) is 4. The van der Waals surface area contributed by atoms with Crippen LogP contribution in [0.1, 0.15) is 6.92 Å². The monoisotopic (exact) mass is 433 g/mol. The maximum Gasteiger partial charge on any atom is 0.324 e. The van der Waals surface area contributed by atoms with Crippen LogP contribution in [0.3, 0.4) is 0 Å². The van der Waals surface area contributed by atoms with Crippen molar-refractivity contribution in [1.29, 1.82) is 0 Å². The number of hydrogen-bond donors (Lipinski definition) is 1. The summed E-state index contributed by atoms with van der Waals surface area (Å²) >= 11 is 0. The molecule has 0 saturated carbocycles. The Bertz CT molecular complexity index is 963. The van der Waals surface area contributed by atoms with Gasteiger partial charge in [0, 0.05) is 38.6 Å². The predicted molar refractivity (Wildman–Crippen MR) is 108 cm³/mol. The maximum atomic E-state index is 12.3. The molecule has 0 aliphatic carbocycles. The van der Waals surface area contributed by atoms with E-state index in [4.69, 9.17) is 4.74 Å². The molecule has 1 aliphatic heterocycles. The van der Waals surface area contributed by atoms with Crippen molar-refractivity contribution in [3.63, 3.8) is 0 Å². The van der Waals surface area contributed by atoms with Gasteiger partial charge < -0.3 is 14.5 Å². The number of esters is 1. The fourth-order valence-electron chi connectivity index (χ4n) is 2.91. The van der Waals surface area contributed by atoms with E-state index in [1.807, 2.05) is 4.90 Å². The molecular weight excluding hydrogens is 410 g/mol. The van der Waals surface area contributed by atoms with Crippen LogP contribution in [0.5, 0.6) is 0 Å². The van der Waals surface area contributed by atoms with E-state index in [1.165, 1.54) is 19.1 Å². The van der Waals surface area contributed by atoms with Gasteiger partial charge in [-0.3, -0.25) is 9.59 Å². The summed E-state index contributed by atoms with van der Waals surface area (Å²) in [6.45, 7) is 2.95. The molecule has 10 nitrogen and oxygen atoms in total. The number of hydrogen-bond acceptors (Lipinski definition) is 8. The zero-order valence-electron chi connectivity index (χ0n) is 16.5. The highest BCUT2D eigenvalue weighted by Gasteiger charge is 2.26. The van der Waals surface area contributed by atoms with E-state index < -0.39 is 28.6 Å². The van der Waals surface area contributed by atoms with E-state index in [9.17, 15) is 18.0 Å². The summed E-state index contributed by atoms with van der Waals surface area (Å²) in [7, 11) is -3.86. The van der Waals surface area contributed by atoms with Crippen molar-refractivity contribution in [3.8, 4) is 0 Å². The zero-order chi connectivity index (χ0) is 21.6. The van der Waals surface area contributed by atoms with Crippen molar-refractivity contribution in [1.82, 2.24) is 19.6 Å². The lowest BCUT2D eigenvalue weighted by molar-refractivity contribution is -0.153. The van der Waals surface area contributed by atoms with Crippen LogP contribution < -0.4 is 9.62 Å². The third-order valence-electron chi connectivity index (χ3n) is 4.54. The number of amides is 1. The predicted octanol–water partition coefficient (Wildman–Crippen LogP) is 0.0354. The van der Waals surface area contributed by atoms with Gasteiger partial charge >= 0.3 is 5.97 Å². The standard InChI is InChI=1S/C19H23N5O5S/c1-15(22-30(27,28)16-6-3-2-4-7-16)18(26)29-14-17(25)23-10-12-24(13-11-23)19-20-8-5-9-21-19/h2-9,15,22H,10-14H2,1H3/t15-/m0/s1. The molecule has 160 valence electrons. The number of ether oxygens (including phenoxy) is 1. The molecule has 1 fully saturated rings. The molecule has 2 aromatic rings. The smallest absolute Gasteiger partial charge is 0.324 e. The molecule has 0 bridgehead atoms. The van der Waals surface area contributed by atoms with E-state index in [2.05, 4.69) is 14.7 Å². The second kappa shape index (κ2) is 9.63. The number of carbonyl (C=O) groups is 2. The molecule has 1 N–H and O–H groups in total. The SMILES string of the molecule is C[C@H](NS(=O)(=O)c1ccccc1)C(=O)OCC(=O)N1CCN(c2ncccn2)CC1. The first-order chi connectivity index (χ1) is 14.4. The Morgan fingerprint density at radius 3 is 2.33 bits per heavy atom. The van der Waals surface area contributed by atoms with Gasteiger partial charge in [-0.25, -0.2) is 18.4 Å². The summed E-state index contributed by atoms with van der Waals surface area (Å²) in [5.74, 6) is -0.551. The van der Waals surface area contributed by atoms with Crippen molar-refractivity contribution in [2.75, 3.05) is 37.7 Å². The largest absolute Gasteiger partial charge is 0.454 e. The number of anilines is 1. The van der Waals surface area contributed by atoms with Gasteiger partial charge in [0.2, 0.25) is 16.0 Å². The summed E-state index contributed by atoms with van der Waals surface area (Å²) in [5.41, 5.74) is 0. The Hall–Kier alpha value is -3.05. The van der Waals surface area contributed by atoms with E-state index in [-0.39, 0.29) is 10.8 Å². The van der Waals surface area contributed by atoms with Gasteiger partial charge in [-0.15, -0.1) is 0 Å². The Morgan fingerprint density at radius 1 is 1.07 bits per heavy atom. The molecule has 1 aromatic carbocycles. The molecule has 2 heterocycles. The highest BCUT2D eigenvalue weighted by atomic mass is 32.2. The molecule has 0 radical (unpaired) electrons. The molecular formula is C19H23N5O5S. The lowest BCUT2D eigenvalue weighted by Crippen LogP contribution is -2.50. The average Bonchev–Trinajstić information content (AvgIpc) is 2.78. The maximum absolute atomic E-state index is 12.3. The minimum absolute atomic E-state index is 0.0426. The van der Waals surface area contributed by atoms with E-state index >= 15 is 0 Å². The van der Waals surface area contributed by atoms with Crippen LogP contribution in [0.4, 0.5) is 5.95 Å². The average molecular weight is 433 g/mol. The zero-order valence-corrected chi connectivity index (χ0v) is 17.3. The number of carbonyl (C=O) groups excluding carboxylic acids is 2. The molecule has 1 aromatic heterocycles. The fraction of sp³-hybridized carbons (Fsp3) is 0.368. The number of piperazine rings is 1. The van der Waals surface area contributed by atoms with Crippen LogP contribution in [0.25, 0.3) is 0 Å². The van der Waals surface area contributed by atoms with Gasteiger partial charge in [0.1, 0.15) is 6.04 Å². The lowest BCUT2D eigenvalue weighted by atomic mass is 10.3. The van der Waals surface area contributed by atoms with Gasteiger partial charge in [-0.1, -0.05) is 18.2 Å². The second-order valence-electron chi connectivity index (χ2n) is 6.68. The minimum atomic E-state index is -3.86. The van der Waals surface area contributed by atoms with E-state index in [1.54, 1.807) is 41.6 Å². The Balaban J connectivity index is 1.45. The third kappa shape index (κ3) is 5.51. The molecule has 1 atom stereocenters. The molecule has 3 rings (SSSR count). The molecule has 0 unspecified atom stereocenters. The highest BCUT2D eigenvalue weighted by molar-refractivity contribution is 7.89. The first kappa shape index (κ1) is 21.7. The number of rotatable bonds is 7. The Labute approximate surface area is 174 Å². The van der Waals surface area contributed by atoms with Crippen molar-refractivity contribution in [2.45, 2.75) is 17.9 Å². The molecule has 1 saturated heterocycles. The summed E-state index contributed by atoms with van der Waals surface area (Å²) in [6.07, 6.45) is 3.32. The summed E-state index contributed by atoms with van der Waals surface area (Å²) in [6, 6.07) is 8.30. The molecule has 1 aliphatic rings. The second-order valence-corrected chi connectivity index (χ2v) is 8.39. The highest BCUT2D eigenvalue weighted by Crippen LogP contribution is 2.11. The van der Waals surface area contributed by atoms with Crippen LogP contribution in [0, 0.1) is 0 Å². The molecule has 11 heteroatoms. The summed E-state index contributed by atoms with van der Waals surface area (Å²) < 4.78 is 31.8. The quantitative estimate of drug-likeness (QED) is 0.607. The minimum Gasteiger partial charge on any atom is -0.454 e. The van der Waals surface area contributed by atoms with Gasteiger partial charge in [0.15, 0.2) is 6.61 Å². The van der Waals surface area contributed by atoms with Gasteiger partial charge in [0.05, 0.1) is 4.90 Å². The van der Waals surface area contributed by atoms with Crippen LogP contribution in [-0.4, -0.2) is 74.0 Å². The molecule has 0 spiro atoms. The van der Waals surface area contributed by atoms with Crippen LogP contribution >= 0.6 is 0 Å². The normalized spacial score (nSPS) is 15.5. The van der Waals surface area contributed by atoms with Crippen LogP contribution in [0.2, 0.25) is 0 Å². The van der Waals surface area contributed by atoms with E-state index in [0.717, 1.165) is 0 Å². The molecule has 1 amide bonds. The summed E-state index contributed by atoms with van der Waals surface area (Å²) in [4.78, 5) is 36.4. The van der Waals surface area contributed by atoms with Crippen LogP contribution in [-0.2, 0) is 24.3 Å². The molecule has 30 heavy (non-hydrogen) atoms. The first-order valence-electron chi connectivity index (χ1n) is 9.40. The van der Waals surface area contributed by atoms with Crippen molar-refractivity contribution < 1.29 is 22.7 Å². The number of nitrogens with one attached hydrogen (secondary N) is 1. The number of benzene rings is 1. The summed E-state index contributed by atoms with van der Waals surface area (Å²) in [5, 5.41) is 0. The van der Waals surface area contributed by atoms with Gasteiger partial charge in [-0.2, -0.15) is 4.72 Å². The van der Waals surface area contributed by atoms with Crippen molar-refractivity contribution >= 4 is 27.8 Å². The Morgan fingerprint density at radius 2 is 1.70 bits per heavy atom. The lowest BCUT2D eigenvalue weighted by Gasteiger charge is -2.34. The van der Waals surface area contributed by atoms with Crippen LogP contribution in [0.15, 0.2) is 53.7 Å². The fourth-order valence-corrected chi connectivity index (χ4v) is 4.12. The first-order valence-corrected chi connectivity index (χ1v) is 10.9. The topological polar surface area (TPSA) is 122 Å². The van der Waals surface area contributed by atoms with Gasteiger partial charge in [0.25, 0.3) is 5.91 Å². The Kier molecular flexibility index (Phi) is 6.95. The third-order valence-corrected chi connectivity index (χ3v) is 6.10.